The molecule has 0 saturated carbocycles. The normalized spacial score (nSPS) is 12.3. The summed E-state index contributed by atoms with van der Waals surface area (Å²) in [5, 5.41) is 0. The second-order valence-corrected chi connectivity index (χ2v) is 5.01. The van der Waals surface area contributed by atoms with Gasteiger partial charge in [-0.05, 0) is 36.5 Å². The lowest BCUT2D eigenvalue weighted by Crippen LogP contribution is -2.06. The van der Waals surface area contributed by atoms with Crippen LogP contribution < -0.4 is 0 Å². The zero-order valence-corrected chi connectivity index (χ0v) is 11.8. The number of ether oxygens (including phenoxy) is 1. The van der Waals surface area contributed by atoms with E-state index in [0.29, 0.717) is 12.7 Å². The van der Waals surface area contributed by atoms with Crippen LogP contribution in [0.1, 0.15) is 37.0 Å². The zero-order chi connectivity index (χ0) is 13.5. The molecule has 0 aliphatic rings. The molecule has 0 spiro atoms. The topological polar surface area (TPSA) is 9.23 Å². The van der Waals surface area contributed by atoms with Crippen LogP contribution in [-0.2, 0) is 17.8 Å². The monoisotopic (exact) mass is 254 g/mol. The first-order valence-corrected chi connectivity index (χ1v) is 7.01. The lowest BCUT2D eigenvalue weighted by molar-refractivity contribution is 0.0508. The molecule has 1 nitrogen and oxygen atoms in total. The van der Waals surface area contributed by atoms with Crippen molar-refractivity contribution in [3.63, 3.8) is 0 Å². The molecular formula is C18H22O. The lowest BCUT2D eigenvalue weighted by Gasteiger charge is -2.10. The number of benzene rings is 2. The fourth-order valence-electron chi connectivity index (χ4n) is 1.94. The highest BCUT2D eigenvalue weighted by Crippen LogP contribution is 2.12. The summed E-state index contributed by atoms with van der Waals surface area (Å²) in [6.45, 7) is 4.97. The quantitative estimate of drug-likeness (QED) is 0.732. The molecule has 0 aromatic heterocycles. The second kappa shape index (κ2) is 7.10. The summed E-state index contributed by atoms with van der Waals surface area (Å²) in [7, 11) is 0. The van der Waals surface area contributed by atoms with Gasteiger partial charge in [0.05, 0.1) is 12.7 Å². The van der Waals surface area contributed by atoms with Gasteiger partial charge < -0.3 is 4.74 Å². The number of hydrogen-bond donors (Lipinski definition) is 0. The van der Waals surface area contributed by atoms with Crippen molar-refractivity contribution in [3.05, 3.63) is 71.3 Å². The fourth-order valence-corrected chi connectivity index (χ4v) is 1.94. The maximum atomic E-state index is 5.74. The molecule has 1 heteroatoms. The van der Waals surface area contributed by atoms with Gasteiger partial charge in [0.2, 0.25) is 0 Å². The van der Waals surface area contributed by atoms with Crippen molar-refractivity contribution in [1.82, 2.24) is 0 Å². The largest absolute Gasteiger partial charge is 0.374 e. The van der Waals surface area contributed by atoms with Gasteiger partial charge in [0, 0.05) is 0 Å². The van der Waals surface area contributed by atoms with E-state index in [1.807, 2.05) is 0 Å². The van der Waals surface area contributed by atoms with Crippen LogP contribution in [0.4, 0.5) is 0 Å². The highest BCUT2D eigenvalue weighted by atomic mass is 16.5. The van der Waals surface area contributed by atoms with Crippen LogP contribution in [0.2, 0.25) is 0 Å². The van der Waals surface area contributed by atoms with E-state index in [9.17, 15) is 0 Å². The Bertz CT molecular complexity index is 473. The van der Waals surface area contributed by atoms with Gasteiger partial charge in [0.1, 0.15) is 0 Å². The van der Waals surface area contributed by atoms with E-state index in [0.717, 1.165) is 12.8 Å². The zero-order valence-electron chi connectivity index (χ0n) is 11.8. The van der Waals surface area contributed by atoms with E-state index >= 15 is 0 Å². The summed E-state index contributed by atoms with van der Waals surface area (Å²) in [4.78, 5) is 0. The molecule has 0 heterocycles. The third-order valence-electron chi connectivity index (χ3n) is 3.38. The van der Waals surface area contributed by atoms with Crippen molar-refractivity contribution in [3.8, 4) is 0 Å². The maximum Gasteiger partial charge on any atom is 0.0720 e. The van der Waals surface area contributed by atoms with E-state index in [2.05, 4.69) is 68.4 Å². The number of rotatable bonds is 6. The highest BCUT2D eigenvalue weighted by Gasteiger charge is 2.00. The first-order chi connectivity index (χ1) is 9.28. The second-order valence-electron chi connectivity index (χ2n) is 5.01. The fraction of sp³-hybridized carbons (Fsp3) is 0.333. The average molecular weight is 254 g/mol. The van der Waals surface area contributed by atoms with Gasteiger partial charge >= 0.3 is 0 Å². The van der Waals surface area contributed by atoms with Gasteiger partial charge in [-0.25, -0.2) is 0 Å². The van der Waals surface area contributed by atoms with E-state index in [1.54, 1.807) is 0 Å². The molecule has 0 N–H and O–H groups in total. The molecule has 0 aliphatic heterocycles. The molecule has 100 valence electrons. The Kier molecular flexibility index (Phi) is 5.17. The SMILES string of the molecule is CCC(C)OCc1ccc(Cc2ccccc2)cc1. The number of hydrogen-bond acceptors (Lipinski definition) is 1. The van der Waals surface area contributed by atoms with Crippen molar-refractivity contribution in [2.45, 2.75) is 39.4 Å². The van der Waals surface area contributed by atoms with E-state index in [4.69, 9.17) is 4.74 Å². The molecule has 0 bridgehead atoms. The molecule has 0 aliphatic carbocycles. The molecule has 2 aromatic carbocycles. The van der Waals surface area contributed by atoms with Crippen LogP contribution in [-0.4, -0.2) is 6.10 Å². The smallest absolute Gasteiger partial charge is 0.0720 e. The molecule has 0 fully saturated rings. The van der Waals surface area contributed by atoms with Crippen LogP contribution in [0, 0.1) is 0 Å². The molecule has 2 rings (SSSR count). The van der Waals surface area contributed by atoms with Crippen molar-refractivity contribution in [2.75, 3.05) is 0 Å². The molecule has 1 atom stereocenters. The third kappa shape index (κ3) is 4.53. The van der Waals surface area contributed by atoms with Gasteiger partial charge in [-0.2, -0.15) is 0 Å². The molecule has 2 aromatic rings. The van der Waals surface area contributed by atoms with Gasteiger partial charge in [-0.3, -0.25) is 0 Å². The van der Waals surface area contributed by atoms with Gasteiger partial charge in [0.25, 0.3) is 0 Å². The Morgan fingerprint density at radius 3 is 2.05 bits per heavy atom. The Morgan fingerprint density at radius 1 is 0.842 bits per heavy atom. The molecular weight excluding hydrogens is 232 g/mol. The predicted octanol–water partition coefficient (Wildman–Crippen LogP) is 4.59. The third-order valence-corrected chi connectivity index (χ3v) is 3.38. The summed E-state index contributed by atoms with van der Waals surface area (Å²) in [6.07, 6.45) is 2.39. The summed E-state index contributed by atoms with van der Waals surface area (Å²) in [5.74, 6) is 0. The molecule has 19 heavy (non-hydrogen) atoms. The minimum absolute atomic E-state index is 0.337. The summed E-state index contributed by atoms with van der Waals surface area (Å²) < 4.78 is 5.74. The van der Waals surface area contributed by atoms with E-state index < -0.39 is 0 Å². The van der Waals surface area contributed by atoms with Crippen LogP contribution >= 0.6 is 0 Å². The predicted molar refractivity (Wildman–Crippen MR) is 80.2 cm³/mol. The van der Waals surface area contributed by atoms with Gasteiger partial charge in [0.15, 0.2) is 0 Å². The van der Waals surface area contributed by atoms with Gasteiger partial charge in [-0.1, -0.05) is 61.5 Å². The Hall–Kier alpha value is -1.60. The molecule has 1 unspecified atom stereocenters. The van der Waals surface area contributed by atoms with E-state index in [1.165, 1.54) is 16.7 Å². The van der Waals surface area contributed by atoms with Crippen LogP contribution in [0.3, 0.4) is 0 Å². The minimum Gasteiger partial charge on any atom is -0.374 e. The van der Waals surface area contributed by atoms with Gasteiger partial charge in [-0.15, -0.1) is 0 Å². The van der Waals surface area contributed by atoms with Crippen molar-refractivity contribution in [2.24, 2.45) is 0 Å². The van der Waals surface area contributed by atoms with E-state index in [-0.39, 0.29) is 0 Å². The average Bonchev–Trinajstić information content (AvgIpc) is 2.47. The Morgan fingerprint density at radius 2 is 1.42 bits per heavy atom. The standard InChI is InChI=1S/C18H22O/c1-3-15(2)19-14-18-11-9-17(10-12-18)13-16-7-5-4-6-8-16/h4-12,15H,3,13-14H2,1-2H3. The first-order valence-electron chi connectivity index (χ1n) is 7.01. The molecule has 0 saturated heterocycles. The lowest BCUT2D eigenvalue weighted by atomic mass is 10.0. The molecule has 0 radical (unpaired) electrons. The summed E-state index contributed by atoms with van der Waals surface area (Å²) in [5.41, 5.74) is 3.95. The minimum atomic E-state index is 0.337. The highest BCUT2D eigenvalue weighted by molar-refractivity contribution is 5.28. The van der Waals surface area contributed by atoms with Crippen molar-refractivity contribution < 1.29 is 4.74 Å². The summed E-state index contributed by atoms with van der Waals surface area (Å²) >= 11 is 0. The summed E-state index contributed by atoms with van der Waals surface area (Å²) in [6, 6.07) is 19.3. The van der Waals surface area contributed by atoms with Crippen LogP contribution in [0.25, 0.3) is 0 Å². The van der Waals surface area contributed by atoms with Crippen molar-refractivity contribution >= 4 is 0 Å². The Labute approximate surface area is 116 Å². The van der Waals surface area contributed by atoms with Crippen molar-refractivity contribution in [1.29, 1.82) is 0 Å². The first kappa shape index (κ1) is 13.8. The maximum absolute atomic E-state index is 5.74. The molecule has 0 amide bonds. The van der Waals surface area contributed by atoms with Crippen LogP contribution in [0.15, 0.2) is 54.6 Å². The Balaban J connectivity index is 1.91. The van der Waals surface area contributed by atoms with Crippen LogP contribution in [0.5, 0.6) is 0 Å².